The molecule has 7 heavy (non-hydrogen) atoms. The van der Waals surface area contributed by atoms with Gasteiger partial charge in [0.05, 0.1) is 6.10 Å². The lowest BCUT2D eigenvalue weighted by atomic mass is 9.94. The van der Waals surface area contributed by atoms with Gasteiger partial charge in [0, 0.05) is 7.11 Å². The summed E-state index contributed by atoms with van der Waals surface area (Å²) in [6, 6.07) is 0. The minimum Gasteiger partial charge on any atom is -0.378 e. The van der Waals surface area contributed by atoms with Crippen LogP contribution >= 0.6 is 0 Å². The van der Waals surface area contributed by atoms with E-state index < -0.39 is 6.17 Å². The number of ether oxygens (including phenoxy) is 1. The predicted molar refractivity (Wildman–Crippen MR) is 24.9 cm³/mol. The first kappa shape index (κ1) is 5.04. The SMILES string of the molecule is COC1CCC1F. The Bertz CT molecular complexity index is 63.1. The van der Waals surface area contributed by atoms with Crippen molar-refractivity contribution in [3.05, 3.63) is 0 Å². The molecule has 0 bridgehead atoms. The molecule has 0 heterocycles. The average molecular weight is 104 g/mol. The smallest absolute Gasteiger partial charge is 0.126 e. The summed E-state index contributed by atoms with van der Waals surface area (Å²) in [6.45, 7) is 0. The summed E-state index contributed by atoms with van der Waals surface area (Å²) in [4.78, 5) is 0. The average Bonchev–Trinajstić information content (AvgIpc) is 1.65. The van der Waals surface area contributed by atoms with Crippen molar-refractivity contribution < 1.29 is 9.13 Å². The van der Waals surface area contributed by atoms with Crippen LogP contribution in [0.15, 0.2) is 0 Å². The highest BCUT2D eigenvalue weighted by Gasteiger charge is 2.29. The van der Waals surface area contributed by atoms with Crippen LogP contribution in [-0.2, 0) is 4.74 Å². The Kier molecular flexibility index (Phi) is 1.28. The number of rotatable bonds is 1. The molecule has 1 aliphatic carbocycles. The van der Waals surface area contributed by atoms with Crippen LogP contribution in [0.2, 0.25) is 0 Å². The van der Waals surface area contributed by atoms with Crippen LogP contribution in [0.5, 0.6) is 0 Å². The van der Waals surface area contributed by atoms with Gasteiger partial charge in [-0.25, -0.2) is 4.39 Å². The molecule has 0 aromatic heterocycles. The largest absolute Gasteiger partial charge is 0.378 e. The molecule has 0 saturated heterocycles. The highest BCUT2D eigenvalue weighted by atomic mass is 19.1. The quantitative estimate of drug-likeness (QED) is 0.484. The fourth-order valence-electron chi connectivity index (χ4n) is 0.694. The number of alkyl halides is 1. The monoisotopic (exact) mass is 104 g/mol. The van der Waals surface area contributed by atoms with Gasteiger partial charge in [-0.1, -0.05) is 0 Å². The highest BCUT2D eigenvalue weighted by molar-refractivity contribution is 4.80. The molecular formula is C5H9FO. The Morgan fingerprint density at radius 2 is 2.29 bits per heavy atom. The van der Waals surface area contributed by atoms with Crippen LogP contribution in [0, 0.1) is 0 Å². The normalized spacial score (nSPS) is 40.3. The first-order valence-corrected chi connectivity index (χ1v) is 2.51. The molecule has 1 saturated carbocycles. The van der Waals surface area contributed by atoms with Gasteiger partial charge in [0.25, 0.3) is 0 Å². The minimum absolute atomic E-state index is 0.0833. The molecular weight excluding hydrogens is 95.1 g/mol. The van der Waals surface area contributed by atoms with Crippen molar-refractivity contribution in [2.75, 3.05) is 7.11 Å². The molecule has 0 aromatic rings. The molecule has 2 atom stereocenters. The molecule has 1 rings (SSSR count). The molecule has 1 nitrogen and oxygen atoms in total. The summed E-state index contributed by atoms with van der Waals surface area (Å²) in [5, 5.41) is 0. The van der Waals surface area contributed by atoms with E-state index in [1.165, 1.54) is 0 Å². The molecule has 0 aliphatic heterocycles. The number of methoxy groups -OCH3 is 1. The van der Waals surface area contributed by atoms with Crippen molar-refractivity contribution in [1.29, 1.82) is 0 Å². The van der Waals surface area contributed by atoms with E-state index in [0.717, 1.165) is 6.42 Å². The molecule has 0 aromatic carbocycles. The van der Waals surface area contributed by atoms with Crippen LogP contribution in [0.3, 0.4) is 0 Å². The van der Waals surface area contributed by atoms with Crippen LogP contribution < -0.4 is 0 Å². The van der Waals surface area contributed by atoms with E-state index in [2.05, 4.69) is 0 Å². The van der Waals surface area contributed by atoms with Crippen LogP contribution in [0.4, 0.5) is 4.39 Å². The van der Waals surface area contributed by atoms with Gasteiger partial charge < -0.3 is 4.74 Å². The maximum absolute atomic E-state index is 12.1. The second-order valence-electron chi connectivity index (χ2n) is 1.87. The number of hydrogen-bond donors (Lipinski definition) is 0. The maximum Gasteiger partial charge on any atom is 0.126 e. The lowest BCUT2D eigenvalue weighted by molar-refractivity contribution is -0.0335. The lowest BCUT2D eigenvalue weighted by Gasteiger charge is -2.28. The molecule has 0 amide bonds. The Hall–Kier alpha value is -0.110. The van der Waals surface area contributed by atoms with E-state index in [-0.39, 0.29) is 6.10 Å². The van der Waals surface area contributed by atoms with E-state index in [9.17, 15) is 4.39 Å². The Morgan fingerprint density at radius 1 is 1.57 bits per heavy atom. The van der Waals surface area contributed by atoms with Gasteiger partial charge >= 0.3 is 0 Å². The van der Waals surface area contributed by atoms with Gasteiger partial charge in [0.1, 0.15) is 6.17 Å². The first-order chi connectivity index (χ1) is 3.34. The summed E-state index contributed by atoms with van der Waals surface area (Å²) >= 11 is 0. The zero-order chi connectivity index (χ0) is 5.28. The van der Waals surface area contributed by atoms with E-state index >= 15 is 0 Å². The third kappa shape index (κ3) is 0.752. The third-order valence-electron chi connectivity index (χ3n) is 1.43. The molecule has 1 aliphatic rings. The van der Waals surface area contributed by atoms with Crippen molar-refractivity contribution in [1.82, 2.24) is 0 Å². The summed E-state index contributed by atoms with van der Waals surface area (Å²) < 4.78 is 16.8. The van der Waals surface area contributed by atoms with Crippen molar-refractivity contribution in [2.24, 2.45) is 0 Å². The summed E-state index contributed by atoms with van der Waals surface area (Å²) in [5.41, 5.74) is 0. The van der Waals surface area contributed by atoms with Crippen LogP contribution in [0.25, 0.3) is 0 Å². The van der Waals surface area contributed by atoms with Crippen molar-refractivity contribution in [3.8, 4) is 0 Å². The van der Waals surface area contributed by atoms with Gasteiger partial charge in [-0.2, -0.15) is 0 Å². The molecule has 2 unspecified atom stereocenters. The molecule has 0 radical (unpaired) electrons. The second-order valence-corrected chi connectivity index (χ2v) is 1.87. The first-order valence-electron chi connectivity index (χ1n) is 2.51. The van der Waals surface area contributed by atoms with Crippen molar-refractivity contribution in [3.63, 3.8) is 0 Å². The number of halogens is 1. The Labute approximate surface area is 42.5 Å². The van der Waals surface area contributed by atoms with Crippen LogP contribution in [-0.4, -0.2) is 19.4 Å². The summed E-state index contributed by atoms with van der Waals surface area (Å²) in [5.74, 6) is 0. The van der Waals surface area contributed by atoms with E-state index in [1.807, 2.05) is 0 Å². The van der Waals surface area contributed by atoms with Crippen molar-refractivity contribution in [2.45, 2.75) is 25.1 Å². The van der Waals surface area contributed by atoms with Crippen molar-refractivity contribution >= 4 is 0 Å². The predicted octanol–water partition coefficient (Wildman–Crippen LogP) is 1.13. The fourth-order valence-corrected chi connectivity index (χ4v) is 0.694. The van der Waals surface area contributed by atoms with Crippen LogP contribution in [0.1, 0.15) is 12.8 Å². The zero-order valence-electron chi connectivity index (χ0n) is 4.36. The highest BCUT2D eigenvalue weighted by Crippen LogP contribution is 2.25. The topological polar surface area (TPSA) is 9.23 Å². The van der Waals surface area contributed by atoms with Gasteiger partial charge in [-0.15, -0.1) is 0 Å². The number of hydrogen-bond acceptors (Lipinski definition) is 1. The Balaban J connectivity index is 2.16. The minimum atomic E-state index is -0.676. The lowest BCUT2D eigenvalue weighted by Crippen LogP contribution is -2.34. The molecule has 0 N–H and O–H groups in total. The van der Waals surface area contributed by atoms with Gasteiger partial charge in [-0.05, 0) is 12.8 Å². The third-order valence-corrected chi connectivity index (χ3v) is 1.43. The fraction of sp³-hybridized carbons (Fsp3) is 1.00. The van der Waals surface area contributed by atoms with E-state index in [1.54, 1.807) is 7.11 Å². The van der Waals surface area contributed by atoms with E-state index in [4.69, 9.17) is 4.74 Å². The summed E-state index contributed by atoms with van der Waals surface area (Å²) in [7, 11) is 1.55. The maximum atomic E-state index is 12.1. The zero-order valence-corrected chi connectivity index (χ0v) is 4.36. The molecule has 42 valence electrons. The molecule has 0 spiro atoms. The van der Waals surface area contributed by atoms with E-state index in [0.29, 0.717) is 6.42 Å². The van der Waals surface area contributed by atoms with Gasteiger partial charge in [0.15, 0.2) is 0 Å². The molecule has 1 fully saturated rings. The summed E-state index contributed by atoms with van der Waals surface area (Å²) in [6.07, 6.45) is 0.834. The second kappa shape index (κ2) is 1.78. The standard InChI is InChI=1S/C5H9FO/c1-7-5-3-2-4(5)6/h4-5H,2-3H2,1H3. The van der Waals surface area contributed by atoms with Gasteiger partial charge in [-0.3, -0.25) is 0 Å². The molecule has 2 heteroatoms. The Morgan fingerprint density at radius 3 is 2.29 bits per heavy atom. The van der Waals surface area contributed by atoms with Gasteiger partial charge in [0.2, 0.25) is 0 Å².